The minimum absolute atomic E-state index is 0.0156. The van der Waals surface area contributed by atoms with E-state index in [1.807, 2.05) is 0 Å². The predicted octanol–water partition coefficient (Wildman–Crippen LogP) is 2.05. The second-order valence-corrected chi connectivity index (χ2v) is 8.79. The Kier molecular flexibility index (Phi) is 8.12. The summed E-state index contributed by atoms with van der Waals surface area (Å²) in [5.74, 6) is -0.578. The summed E-state index contributed by atoms with van der Waals surface area (Å²) in [5.41, 5.74) is 0.406. The SMILES string of the molecule is CCC(NS(=O)(=O)CCCCCN1CC(=O)NC1=O)c1ccc(OCC(F)(F)F)[nH]1. The van der Waals surface area contributed by atoms with E-state index in [2.05, 4.69) is 19.8 Å². The van der Waals surface area contributed by atoms with Gasteiger partial charge in [0.25, 0.3) is 0 Å². The number of hydrogen-bond acceptors (Lipinski definition) is 5. The van der Waals surface area contributed by atoms with Crippen LogP contribution in [0.4, 0.5) is 18.0 Å². The number of urea groups is 1. The van der Waals surface area contributed by atoms with Crippen LogP contribution in [0.1, 0.15) is 44.3 Å². The molecule has 0 spiro atoms. The average Bonchev–Trinajstić information content (AvgIpc) is 3.23. The Balaban J connectivity index is 1.76. The summed E-state index contributed by atoms with van der Waals surface area (Å²) in [6.07, 6.45) is -2.61. The van der Waals surface area contributed by atoms with Crippen molar-refractivity contribution in [2.45, 2.75) is 44.8 Å². The minimum atomic E-state index is -4.47. The van der Waals surface area contributed by atoms with Gasteiger partial charge in [-0.05, 0) is 31.4 Å². The van der Waals surface area contributed by atoms with Crippen LogP contribution in [-0.4, -0.2) is 61.9 Å². The number of carbonyl (C=O) groups excluding carboxylic acids is 2. The second-order valence-electron chi connectivity index (χ2n) is 6.91. The third-order valence-corrected chi connectivity index (χ3v) is 5.86. The summed E-state index contributed by atoms with van der Waals surface area (Å²) in [6.45, 7) is 0.683. The van der Waals surface area contributed by atoms with Crippen LogP contribution in [0.3, 0.4) is 0 Å². The third-order valence-electron chi connectivity index (χ3n) is 4.39. The molecule has 170 valence electrons. The molecule has 0 radical (unpaired) electrons. The number of aromatic nitrogens is 1. The van der Waals surface area contributed by atoms with Crippen molar-refractivity contribution in [3.63, 3.8) is 0 Å². The van der Waals surface area contributed by atoms with Crippen LogP contribution < -0.4 is 14.8 Å². The number of nitrogens with zero attached hydrogens (tertiary/aromatic N) is 1. The third kappa shape index (κ3) is 7.86. The number of sulfonamides is 1. The number of ether oxygens (including phenoxy) is 1. The molecule has 1 aromatic heterocycles. The van der Waals surface area contributed by atoms with Crippen LogP contribution in [0.15, 0.2) is 12.1 Å². The highest BCUT2D eigenvalue weighted by atomic mass is 32.2. The Labute approximate surface area is 172 Å². The zero-order valence-corrected chi connectivity index (χ0v) is 17.2. The van der Waals surface area contributed by atoms with Crippen LogP contribution in [0.5, 0.6) is 5.88 Å². The van der Waals surface area contributed by atoms with Gasteiger partial charge in [0.1, 0.15) is 6.54 Å². The zero-order chi connectivity index (χ0) is 22.4. The Morgan fingerprint density at radius 2 is 1.97 bits per heavy atom. The summed E-state index contributed by atoms with van der Waals surface area (Å²) >= 11 is 0. The van der Waals surface area contributed by atoms with E-state index in [-0.39, 0.29) is 24.1 Å². The molecule has 0 aromatic carbocycles. The predicted molar refractivity (Wildman–Crippen MR) is 101 cm³/mol. The van der Waals surface area contributed by atoms with E-state index in [0.717, 1.165) is 0 Å². The first-order valence-electron chi connectivity index (χ1n) is 9.46. The fraction of sp³-hybridized carbons (Fsp3) is 0.647. The van der Waals surface area contributed by atoms with Gasteiger partial charge in [0.05, 0.1) is 11.8 Å². The molecule has 2 rings (SSSR count). The molecule has 1 fully saturated rings. The number of amides is 3. The number of nitrogens with one attached hydrogen (secondary N) is 3. The Bertz CT molecular complexity index is 841. The number of imide groups is 1. The first-order valence-corrected chi connectivity index (χ1v) is 11.1. The van der Waals surface area contributed by atoms with Crippen molar-refractivity contribution in [3.8, 4) is 5.88 Å². The van der Waals surface area contributed by atoms with E-state index < -0.39 is 34.9 Å². The zero-order valence-electron chi connectivity index (χ0n) is 16.4. The van der Waals surface area contributed by atoms with Crippen molar-refractivity contribution >= 4 is 22.0 Å². The fourth-order valence-electron chi connectivity index (χ4n) is 2.92. The van der Waals surface area contributed by atoms with Gasteiger partial charge < -0.3 is 14.6 Å². The van der Waals surface area contributed by atoms with Crippen LogP contribution in [0, 0.1) is 0 Å². The van der Waals surface area contributed by atoms with Crippen LogP contribution in [0.25, 0.3) is 0 Å². The van der Waals surface area contributed by atoms with E-state index >= 15 is 0 Å². The maximum absolute atomic E-state index is 12.3. The van der Waals surface area contributed by atoms with Crippen molar-refractivity contribution in [3.05, 3.63) is 17.8 Å². The summed E-state index contributed by atoms with van der Waals surface area (Å²) < 4.78 is 68.5. The van der Waals surface area contributed by atoms with Crippen molar-refractivity contribution in [2.24, 2.45) is 0 Å². The molecule has 0 aliphatic carbocycles. The molecule has 3 amide bonds. The minimum Gasteiger partial charge on any atom is -0.469 e. The largest absolute Gasteiger partial charge is 0.469 e. The van der Waals surface area contributed by atoms with E-state index in [1.54, 1.807) is 6.92 Å². The van der Waals surface area contributed by atoms with Gasteiger partial charge in [0, 0.05) is 12.2 Å². The molecular weight excluding hydrogens is 429 g/mol. The van der Waals surface area contributed by atoms with Gasteiger partial charge in [-0.15, -0.1) is 0 Å². The summed E-state index contributed by atoms with van der Waals surface area (Å²) in [6, 6.07) is 1.73. The molecule has 13 heteroatoms. The number of carbonyl (C=O) groups is 2. The van der Waals surface area contributed by atoms with Crippen LogP contribution in [0.2, 0.25) is 0 Å². The van der Waals surface area contributed by atoms with Gasteiger partial charge in [-0.3, -0.25) is 10.1 Å². The lowest BCUT2D eigenvalue weighted by atomic mass is 10.2. The first kappa shape index (κ1) is 24.0. The van der Waals surface area contributed by atoms with Gasteiger partial charge in [0.2, 0.25) is 15.9 Å². The number of unbranched alkanes of at least 4 members (excludes halogenated alkanes) is 2. The van der Waals surface area contributed by atoms with E-state index in [4.69, 9.17) is 0 Å². The maximum Gasteiger partial charge on any atom is 0.422 e. The van der Waals surface area contributed by atoms with Crippen molar-refractivity contribution in [2.75, 3.05) is 25.4 Å². The Morgan fingerprint density at radius 1 is 1.23 bits per heavy atom. The number of halogens is 3. The summed E-state index contributed by atoms with van der Waals surface area (Å²) in [7, 11) is -3.62. The molecular formula is C17H25F3N4O5S. The molecule has 1 aliphatic heterocycles. The number of alkyl halides is 3. The van der Waals surface area contributed by atoms with Gasteiger partial charge in [-0.1, -0.05) is 13.3 Å². The monoisotopic (exact) mass is 454 g/mol. The lowest BCUT2D eigenvalue weighted by Crippen LogP contribution is -2.31. The molecule has 2 heterocycles. The van der Waals surface area contributed by atoms with E-state index in [0.29, 0.717) is 37.9 Å². The first-order chi connectivity index (χ1) is 14.0. The molecule has 3 N–H and O–H groups in total. The van der Waals surface area contributed by atoms with Crippen molar-refractivity contribution in [1.82, 2.24) is 19.9 Å². The van der Waals surface area contributed by atoms with Gasteiger partial charge in [0.15, 0.2) is 12.5 Å². The molecule has 1 aliphatic rings. The van der Waals surface area contributed by atoms with E-state index in [1.165, 1.54) is 17.0 Å². The second kappa shape index (κ2) is 10.2. The number of rotatable bonds is 12. The Hall–Kier alpha value is -2.28. The molecule has 1 saturated heterocycles. The standard InChI is InChI=1S/C17H25F3N4O5S/c1-2-12(13-6-7-15(21-13)29-11-17(18,19)20)23-30(27,28)9-5-3-4-8-24-10-14(25)22-16(24)26/h6-7,12,21,23H,2-5,8-11H2,1H3,(H,22,25,26). The quantitative estimate of drug-likeness (QED) is 0.330. The van der Waals surface area contributed by atoms with E-state index in [9.17, 15) is 31.2 Å². The number of aromatic amines is 1. The smallest absolute Gasteiger partial charge is 0.422 e. The fourth-order valence-corrected chi connectivity index (χ4v) is 4.34. The van der Waals surface area contributed by atoms with Gasteiger partial charge in [-0.25, -0.2) is 17.9 Å². The average molecular weight is 454 g/mol. The molecule has 1 aromatic rings. The molecule has 1 atom stereocenters. The molecule has 1 unspecified atom stereocenters. The highest BCUT2D eigenvalue weighted by Crippen LogP contribution is 2.22. The summed E-state index contributed by atoms with van der Waals surface area (Å²) in [4.78, 5) is 26.5. The van der Waals surface area contributed by atoms with Crippen LogP contribution >= 0.6 is 0 Å². The highest BCUT2D eigenvalue weighted by molar-refractivity contribution is 7.89. The topological polar surface area (TPSA) is 121 Å². The van der Waals surface area contributed by atoms with Gasteiger partial charge >= 0.3 is 12.2 Å². The molecule has 0 saturated carbocycles. The maximum atomic E-state index is 12.3. The molecule has 30 heavy (non-hydrogen) atoms. The molecule has 9 nitrogen and oxygen atoms in total. The highest BCUT2D eigenvalue weighted by Gasteiger charge is 2.29. The lowest BCUT2D eigenvalue weighted by molar-refractivity contribution is -0.154. The lowest BCUT2D eigenvalue weighted by Gasteiger charge is -2.16. The van der Waals surface area contributed by atoms with Crippen molar-refractivity contribution < 1.29 is 35.9 Å². The Morgan fingerprint density at radius 3 is 2.57 bits per heavy atom. The number of hydrogen-bond donors (Lipinski definition) is 3. The van der Waals surface area contributed by atoms with Gasteiger partial charge in [-0.2, -0.15) is 13.2 Å². The number of H-pyrrole nitrogens is 1. The van der Waals surface area contributed by atoms with Crippen LogP contribution in [-0.2, 0) is 14.8 Å². The summed E-state index contributed by atoms with van der Waals surface area (Å²) in [5, 5.41) is 2.17. The normalized spacial score (nSPS) is 16.1. The van der Waals surface area contributed by atoms with Crippen molar-refractivity contribution in [1.29, 1.82) is 0 Å². The molecule has 0 bridgehead atoms.